The molecule has 1 aromatic carbocycles. The fourth-order valence-corrected chi connectivity index (χ4v) is 3.23. The number of nitrogens with two attached hydrogens (primary N) is 1. The van der Waals surface area contributed by atoms with Gasteiger partial charge >= 0.3 is 5.63 Å². The minimum absolute atomic E-state index is 0.121. The summed E-state index contributed by atoms with van der Waals surface area (Å²) < 4.78 is 5.17. The van der Waals surface area contributed by atoms with E-state index >= 15 is 0 Å². The molecule has 4 heteroatoms. The highest BCUT2D eigenvalue weighted by Crippen LogP contribution is 2.21. The molecule has 1 aliphatic carbocycles. The van der Waals surface area contributed by atoms with Gasteiger partial charge in [-0.15, -0.1) is 0 Å². The number of phenols is 1. The van der Waals surface area contributed by atoms with Crippen molar-refractivity contribution in [2.45, 2.75) is 51.1 Å². The number of hydrogen-bond acceptors (Lipinski definition) is 3. The number of rotatable bonds is 3. The van der Waals surface area contributed by atoms with E-state index in [4.69, 9.17) is 4.42 Å². The largest absolute Gasteiger partial charge is 0.508 e. The van der Waals surface area contributed by atoms with Crippen molar-refractivity contribution in [1.82, 2.24) is 0 Å². The Balaban J connectivity index is 1.81. The minimum atomic E-state index is -0.350. The summed E-state index contributed by atoms with van der Waals surface area (Å²) >= 11 is 0. The fourth-order valence-electron chi connectivity index (χ4n) is 3.23. The van der Waals surface area contributed by atoms with E-state index in [0.29, 0.717) is 11.6 Å². The first-order valence-corrected chi connectivity index (χ1v) is 7.81. The van der Waals surface area contributed by atoms with Crippen molar-refractivity contribution in [2.75, 3.05) is 0 Å². The lowest BCUT2D eigenvalue weighted by Gasteiger charge is -2.13. The average molecular weight is 288 g/mol. The van der Waals surface area contributed by atoms with Crippen molar-refractivity contribution in [3.05, 3.63) is 40.2 Å². The van der Waals surface area contributed by atoms with Crippen LogP contribution in [-0.4, -0.2) is 11.1 Å². The Hall–Kier alpha value is -1.81. The summed E-state index contributed by atoms with van der Waals surface area (Å²) in [4.78, 5) is 11.7. The Morgan fingerprint density at radius 1 is 1.14 bits per heavy atom. The van der Waals surface area contributed by atoms with E-state index in [-0.39, 0.29) is 11.4 Å². The summed E-state index contributed by atoms with van der Waals surface area (Å²) in [5.74, 6) is 0.121. The molecule has 112 valence electrons. The van der Waals surface area contributed by atoms with Gasteiger partial charge in [-0.05, 0) is 37.8 Å². The predicted molar refractivity (Wildman–Crippen MR) is 81.3 cm³/mol. The lowest BCUT2D eigenvalue weighted by molar-refractivity contribution is -0.705. The summed E-state index contributed by atoms with van der Waals surface area (Å²) in [6, 6.07) is 7.20. The summed E-state index contributed by atoms with van der Waals surface area (Å²) in [5, 5.41) is 12.8. The zero-order chi connectivity index (χ0) is 14.7. The maximum absolute atomic E-state index is 11.7. The smallest absolute Gasteiger partial charge is 0.336 e. The van der Waals surface area contributed by atoms with Crippen molar-refractivity contribution in [2.24, 2.45) is 0 Å². The van der Waals surface area contributed by atoms with Crippen LogP contribution >= 0.6 is 0 Å². The number of benzene rings is 1. The van der Waals surface area contributed by atoms with Gasteiger partial charge in [0.15, 0.2) is 0 Å². The summed E-state index contributed by atoms with van der Waals surface area (Å²) in [5.41, 5.74) is 1.11. The van der Waals surface area contributed by atoms with Gasteiger partial charge in [0.1, 0.15) is 17.9 Å². The van der Waals surface area contributed by atoms with Crippen LogP contribution in [0.4, 0.5) is 0 Å². The molecule has 0 atom stereocenters. The SMILES string of the molecule is O=c1cc(C[NH2+]C2CCCCCC2)c2ccc(O)cc2o1. The number of hydrogen-bond donors (Lipinski definition) is 2. The molecule has 1 fully saturated rings. The number of phenolic OH excluding ortho intramolecular Hbond substituents is 1. The number of quaternary nitrogens is 1. The second kappa shape index (κ2) is 6.31. The Kier molecular flexibility index (Phi) is 4.25. The molecule has 0 unspecified atom stereocenters. The third-order valence-corrected chi connectivity index (χ3v) is 4.38. The molecule has 21 heavy (non-hydrogen) atoms. The van der Waals surface area contributed by atoms with Crippen LogP contribution in [-0.2, 0) is 6.54 Å². The molecular formula is C17H22NO3+. The first-order valence-electron chi connectivity index (χ1n) is 7.81. The second-order valence-electron chi connectivity index (χ2n) is 5.96. The second-order valence-corrected chi connectivity index (χ2v) is 5.96. The zero-order valence-electron chi connectivity index (χ0n) is 12.2. The van der Waals surface area contributed by atoms with Gasteiger partial charge in [-0.1, -0.05) is 12.8 Å². The van der Waals surface area contributed by atoms with Crippen LogP contribution in [0.3, 0.4) is 0 Å². The Bertz CT molecular complexity index is 669. The zero-order valence-corrected chi connectivity index (χ0v) is 12.2. The van der Waals surface area contributed by atoms with E-state index in [0.717, 1.165) is 17.5 Å². The van der Waals surface area contributed by atoms with E-state index in [2.05, 4.69) is 5.32 Å². The minimum Gasteiger partial charge on any atom is -0.508 e. The van der Waals surface area contributed by atoms with Crippen LogP contribution in [0.15, 0.2) is 33.5 Å². The third kappa shape index (κ3) is 3.45. The quantitative estimate of drug-likeness (QED) is 0.672. The van der Waals surface area contributed by atoms with Gasteiger partial charge in [0.2, 0.25) is 0 Å². The van der Waals surface area contributed by atoms with Crippen molar-refractivity contribution >= 4 is 11.0 Å². The third-order valence-electron chi connectivity index (χ3n) is 4.38. The molecule has 3 N–H and O–H groups in total. The molecule has 0 radical (unpaired) electrons. The summed E-state index contributed by atoms with van der Waals surface area (Å²) in [6.07, 6.45) is 7.85. The van der Waals surface area contributed by atoms with E-state index in [1.165, 1.54) is 44.6 Å². The number of aromatic hydroxyl groups is 1. The maximum Gasteiger partial charge on any atom is 0.336 e. The van der Waals surface area contributed by atoms with E-state index in [1.807, 2.05) is 6.07 Å². The molecule has 4 nitrogen and oxygen atoms in total. The molecule has 2 aromatic rings. The van der Waals surface area contributed by atoms with Gasteiger partial charge in [-0.3, -0.25) is 0 Å². The molecule has 3 rings (SSSR count). The van der Waals surface area contributed by atoms with Crippen LogP contribution in [0.1, 0.15) is 44.1 Å². The van der Waals surface area contributed by atoms with Crippen molar-refractivity contribution in [1.29, 1.82) is 0 Å². The highest BCUT2D eigenvalue weighted by molar-refractivity contribution is 5.81. The molecule has 1 aliphatic rings. The highest BCUT2D eigenvalue weighted by atomic mass is 16.4. The fraction of sp³-hybridized carbons (Fsp3) is 0.471. The maximum atomic E-state index is 11.7. The van der Waals surface area contributed by atoms with Crippen LogP contribution < -0.4 is 10.9 Å². The van der Waals surface area contributed by atoms with Gasteiger partial charge < -0.3 is 14.8 Å². The van der Waals surface area contributed by atoms with Gasteiger partial charge in [0.25, 0.3) is 0 Å². The van der Waals surface area contributed by atoms with Crippen LogP contribution in [0, 0.1) is 0 Å². The first kappa shape index (κ1) is 14.1. The number of fused-ring (bicyclic) bond motifs is 1. The van der Waals surface area contributed by atoms with Gasteiger partial charge in [0, 0.05) is 23.1 Å². The molecule has 1 aromatic heterocycles. The van der Waals surface area contributed by atoms with Crippen molar-refractivity contribution < 1.29 is 14.8 Å². The molecule has 1 heterocycles. The molecular weight excluding hydrogens is 266 g/mol. The standard InChI is InChI=1S/C17H21NO3/c19-14-7-8-15-12(9-17(20)21-16(15)10-14)11-18-13-5-3-1-2-4-6-13/h7-10,13,18-19H,1-6,11H2/p+1. The Morgan fingerprint density at radius 2 is 1.90 bits per heavy atom. The molecule has 0 spiro atoms. The van der Waals surface area contributed by atoms with Crippen LogP contribution in [0.2, 0.25) is 0 Å². The van der Waals surface area contributed by atoms with Crippen LogP contribution in [0.25, 0.3) is 11.0 Å². The normalized spacial score (nSPS) is 17.0. The highest BCUT2D eigenvalue weighted by Gasteiger charge is 2.16. The Morgan fingerprint density at radius 3 is 2.67 bits per heavy atom. The predicted octanol–water partition coefficient (Wildman–Crippen LogP) is 2.28. The average Bonchev–Trinajstić information content (AvgIpc) is 2.72. The van der Waals surface area contributed by atoms with Crippen LogP contribution in [0.5, 0.6) is 5.75 Å². The van der Waals surface area contributed by atoms with Gasteiger partial charge in [-0.25, -0.2) is 4.79 Å². The Labute approximate surface area is 123 Å². The van der Waals surface area contributed by atoms with Gasteiger partial charge in [0.05, 0.1) is 6.04 Å². The summed E-state index contributed by atoms with van der Waals surface area (Å²) in [6.45, 7) is 0.789. The van der Waals surface area contributed by atoms with E-state index < -0.39 is 0 Å². The molecule has 0 amide bonds. The molecule has 0 saturated heterocycles. The topological polar surface area (TPSA) is 67.0 Å². The monoisotopic (exact) mass is 288 g/mol. The molecule has 0 aliphatic heterocycles. The lowest BCUT2D eigenvalue weighted by atomic mass is 10.1. The van der Waals surface area contributed by atoms with Gasteiger partial charge in [-0.2, -0.15) is 0 Å². The van der Waals surface area contributed by atoms with E-state index in [1.54, 1.807) is 12.1 Å². The van der Waals surface area contributed by atoms with E-state index in [9.17, 15) is 9.90 Å². The first-order chi connectivity index (χ1) is 10.2. The van der Waals surface area contributed by atoms with Crippen molar-refractivity contribution in [3.63, 3.8) is 0 Å². The lowest BCUT2D eigenvalue weighted by Crippen LogP contribution is -2.88. The molecule has 0 bridgehead atoms. The van der Waals surface area contributed by atoms with Crippen molar-refractivity contribution in [3.8, 4) is 5.75 Å². The molecule has 1 saturated carbocycles. The summed E-state index contributed by atoms with van der Waals surface area (Å²) in [7, 11) is 0.